The van der Waals surface area contributed by atoms with Gasteiger partial charge < -0.3 is 19.3 Å². The second-order valence-electron chi connectivity index (χ2n) is 7.30. The molecule has 0 fully saturated rings. The molecular formula is C22H17ClF3N5O5S. The Hall–Kier alpha value is -3.91. The lowest BCUT2D eigenvalue weighted by Gasteiger charge is -2.12. The second-order valence-corrected chi connectivity index (χ2v) is 8.70. The molecule has 0 aliphatic heterocycles. The second kappa shape index (κ2) is 11.4. The maximum Gasteiger partial charge on any atom is 0.573 e. The summed E-state index contributed by atoms with van der Waals surface area (Å²) in [6.45, 7) is 0.181. The summed E-state index contributed by atoms with van der Waals surface area (Å²) in [6.07, 6.45) is -2.74. The van der Waals surface area contributed by atoms with Crippen molar-refractivity contribution in [3.63, 3.8) is 0 Å². The van der Waals surface area contributed by atoms with E-state index in [0.717, 1.165) is 4.80 Å². The molecule has 0 atom stereocenters. The number of carboxylic acids is 1. The number of thiazole rings is 1. The number of alkyl halides is 3. The first-order chi connectivity index (χ1) is 17.7. The first-order valence-electron chi connectivity index (χ1n) is 10.5. The van der Waals surface area contributed by atoms with Crippen LogP contribution in [0.25, 0.3) is 21.8 Å². The Morgan fingerprint density at radius 2 is 1.81 bits per heavy atom. The fourth-order valence-corrected chi connectivity index (χ4v) is 3.89. The number of aromatic nitrogens is 5. The normalized spacial score (nSPS) is 11.4. The van der Waals surface area contributed by atoms with Gasteiger partial charge in [-0.25, -0.2) is 4.98 Å². The third-order valence-electron chi connectivity index (χ3n) is 4.56. The molecule has 0 unspecified atom stereocenters. The van der Waals surface area contributed by atoms with Crippen molar-refractivity contribution in [3.05, 3.63) is 53.7 Å². The van der Waals surface area contributed by atoms with Gasteiger partial charge >= 0.3 is 12.3 Å². The molecule has 2 aromatic carbocycles. The molecule has 4 rings (SSSR count). The van der Waals surface area contributed by atoms with E-state index in [-0.39, 0.29) is 18.2 Å². The van der Waals surface area contributed by atoms with Crippen LogP contribution in [0.4, 0.5) is 13.2 Å². The van der Waals surface area contributed by atoms with Crippen molar-refractivity contribution in [2.45, 2.75) is 19.3 Å². The molecule has 1 N–H and O–H groups in total. The number of carboxylic acid groups (broad SMARTS) is 1. The third kappa shape index (κ3) is 7.54. The van der Waals surface area contributed by atoms with Gasteiger partial charge in [-0.1, -0.05) is 41.1 Å². The van der Waals surface area contributed by atoms with E-state index in [0.29, 0.717) is 45.0 Å². The standard InChI is InChI=1S/C22H17ClF3N5O5S/c23-16-7-4-14(13-2-5-15(6-3-13)36-22(24,25)26)10-17(16)34-8-1-9-35-21-27-11-18(37-21)20-28-30-31(29-20)12-19(32)33/h2-7,10-11H,1,8-9,12H2,(H,32,33). The van der Waals surface area contributed by atoms with Crippen molar-refractivity contribution in [1.29, 1.82) is 0 Å². The average Bonchev–Trinajstić information content (AvgIpc) is 3.49. The van der Waals surface area contributed by atoms with Gasteiger partial charge in [-0.15, -0.1) is 23.4 Å². The molecule has 0 aliphatic rings. The Balaban J connectivity index is 1.26. The summed E-state index contributed by atoms with van der Waals surface area (Å²) in [4.78, 5) is 16.4. The fourth-order valence-electron chi connectivity index (χ4n) is 3.00. The molecule has 0 bridgehead atoms. The van der Waals surface area contributed by atoms with E-state index in [1.807, 2.05) is 0 Å². The fraction of sp³-hybridized carbons (Fsp3) is 0.227. The number of hydrogen-bond acceptors (Lipinski definition) is 9. The number of ether oxygens (including phenoxy) is 3. The summed E-state index contributed by atoms with van der Waals surface area (Å²) >= 11 is 7.41. The highest BCUT2D eigenvalue weighted by molar-refractivity contribution is 7.16. The van der Waals surface area contributed by atoms with Crippen molar-refractivity contribution in [2.24, 2.45) is 0 Å². The molecule has 0 aliphatic carbocycles. The van der Waals surface area contributed by atoms with Crippen molar-refractivity contribution >= 4 is 28.9 Å². The van der Waals surface area contributed by atoms with Gasteiger partial charge in [0.25, 0.3) is 5.19 Å². The average molecular weight is 556 g/mol. The predicted molar refractivity (Wildman–Crippen MR) is 126 cm³/mol. The van der Waals surface area contributed by atoms with Crippen LogP contribution in [0.3, 0.4) is 0 Å². The number of hydrogen-bond donors (Lipinski definition) is 1. The number of rotatable bonds is 11. The first-order valence-corrected chi connectivity index (χ1v) is 11.7. The van der Waals surface area contributed by atoms with E-state index in [1.54, 1.807) is 18.2 Å². The lowest BCUT2D eigenvalue weighted by atomic mass is 10.1. The topological polar surface area (TPSA) is 121 Å². The summed E-state index contributed by atoms with van der Waals surface area (Å²) < 4.78 is 52.3. The Bertz CT molecular complexity index is 1360. The van der Waals surface area contributed by atoms with Gasteiger partial charge in [-0.3, -0.25) is 4.79 Å². The minimum absolute atomic E-state index is 0.244. The van der Waals surface area contributed by atoms with Crippen molar-refractivity contribution < 1.29 is 37.3 Å². The van der Waals surface area contributed by atoms with E-state index >= 15 is 0 Å². The summed E-state index contributed by atoms with van der Waals surface area (Å²) in [5, 5.41) is 21.0. The maximum atomic E-state index is 12.3. The number of halogens is 4. The van der Waals surface area contributed by atoms with Gasteiger partial charge in [0, 0.05) is 6.42 Å². The van der Waals surface area contributed by atoms with Gasteiger partial charge in [0.15, 0.2) is 6.54 Å². The first kappa shape index (κ1) is 26.2. The van der Waals surface area contributed by atoms with Crippen LogP contribution in [0.2, 0.25) is 5.02 Å². The largest absolute Gasteiger partial charge is 0.573 e. The minimum atomic E-state index is -4.75. The number of aliphatic carboxylic acids is 1. The Labute approximate surface area is 216 Å². The van der Waals surface area contributed by atoms with Crippen LogP contribution in [0.1, 0.15) is 6.42 Å². The molecule has 0 saturated carbocycles. The number of carbonyl (C=O) groups is 1. The molecule has 37 heavy (non-hydrogen) atoms. The van der Waals surface area contributed by atoms with E-state index in [9.17, 15) is 18.0 Å². The van der Waals surface area contributed by atoms with Gasteiger partial charge in [0.05, 0.1) is 29.3 Å². The Morgan fingerprint density at radius 3 is 2.54 bits per heavy atom. The van der Waals surface area contributed by atoms with E-state index in [4.69, 9.17) is 26.2 Å². The van der Waals surface area contributed by atoms with Crippen LogP contribution in [0, 0.1) is 0 Å². The summed E-state index contributed by atoms with van der Waals surface area (Å²) in [5.74, 6) is -0.730. The van der Waals surface area contributed by atoms with Gasteiger partial charge in [0.2, 0.25) is 5.82 Å². The summed E-state index contributed by atoms with van der Waals surface area (Å²) in [7, 11) is 0. The van der Waals surface area contributed by atoms with Crippen LogP contribution >= 0.6 is 22.9 Å². The van der Waals surface area contributed by atoms with Crippen molar-refractivity contribution in [3.8, 4) is 38.5 Å². The number of benzene rings is 2. The predicted octanol–water partition coefficient (Wildman–Crippen LogP) is 4.95. The zero-order valence-corrected chi connectivity index (χ0v) is 20.3. The molecule has 15 heteroatoms. The van der Waals surface area contributed by atoms with Crippen molar-refractivity contribution in [1.82, 2.24) is 25.2 Å². The van der Waals surface area contributed by atoms with E-state index in [2.05, 4.69) is 25.1 Å². The molecule has 2 aromatic heterocycles. The van der Waals surface area contributed by atoms with E-state index in [1.165, 1.54) is 41.8 Å². The molecule has 0 radical (unpaired) electrons. The van der Waals surface area contributed by atoms with Crippen molar-refractivity contribution in [2.75, 3.05) is 13.2 Å². The molecular weight excluding hydrogens is 539 g/mol. The lowest BCUT2D eigenvalue weighted by Crippen LogP contribution is -2.16. The third-order valence-corrected chi connectivity index (χ3v) is 5.78. The Morgan fingerprint density at radius 1 is 1.08 bits per heavy atom. The number of nitrogens with zero attached hydrogens (tertiary/aromatic N) is 5. The van der Waals surface area contributed by atoms with Crippen LogP contribution in [0.5, 0.6) is 16.7 Å². The SMILES string of the molecule is O=C(O)Cn1nnc(-c2cnc(OCCCOc3cc(-c4ccc(OC(F)(F)F)cc4)ccc3Cl)s2)n1. The highest BCUT2D eigenvalue weighted by Gasteiger charge is 2.31. The van der Waals surface area contributed by atoms with Crippen LogP contribution in [-0.4, -0.2) is 55.8 Å². The quantitative estimate of drug-likeness (QED) is 0.256. The number of tetrazole rings is 1. The molecule has 0 amide bonds. The molecule has 2 heterocycles. The monoisotopic (exact) mass is 555 g/mol. The van der Waals surface area contributed by atoms with Gasteiger partial charge in [-0.2, -0.15) is 4.80 Å². The van der Waals surface area contributed by atoms with Crippen LogP contribution in [0.15, 0.2) is 48.7 Å². The zero-order chi connectivity index (χ0) is 26.4. The van der Waals surface area contributed by atoms with E-state index < -0.39 is 18.9 Å². The smallest absolute Gasteiger partial charge is 0.492 e. The van der Waals surface area contributed by atoms with Crippen LogP contribution < -0.4 is 14.2 Å². The summed E-state index contributed by atoms with van der Waals surface area (Å²) in [5.41, 5.74) is 1.37. The summed E-state index contributed by atoms with van der Waals surface area (Å²) in [6, 6.07) is 10.5. The minimum Gasteiger partial charge on any atom is -0.492 e. The molecule has 4 aromatic rings. The highest BCUT2D eigenvalue weighted by Crippen LogP contribution is 2.32. The molecule has 0 spiro atoms. The van der Waals surface area contributed by atoms with Crippen LogP contribution in [-0.2, 0) is 11.3 Å². The Kier molecular flexibility index (Phi) is 8.08. The molecule has 0 saturated heterocycles. The highest BCUT2D eigenvalue weighted by atomic mass is 35.5. The van der Waals surface area contributed by atoms with Gasteiger partial charge in [0.1, 0.15) is 11.5 Å². The lowest BCUT2D eigenvalue weighted by molar-refractivity contribution is -0.274. The van der Waals surface area contributed by atoms with Gasteiger partial charge in [-0.05, 0) is 40.6 Å². The zero-order valence-electron chi connectivity index (χ0n) is 18.7. The molecule has 10 nitrogen and oxygen atoms in total. The molecule has 194 valence electrons. The maximum absolute atomic E-state index is 12.3.